The molecule has 4 rings (SSSR count). The number of likely N-dealkylation sites (tertiary alicyclic amines) is 1. The van der Waals surface area contributed by atoms with Crippen molar-refractivity contribution in [2.45, 2.75) is 50.5 Å². The zero-order valence-corrected chi connectivity index (χ0v) is 12.4. The van der Waals surface area contributed by atoms with E-state index in [2.05, 4.69) is 34.5 Å². The average molecular weight is 270 g/mol. The van der Waals surface area contributed by atoms with E-state index in [1.54, 1.807) is 5.56 Å². The van der Waals surface area contributed by atoms with Crippen LogP contribution in [0.2, 0.25) is 0 Å². The molecule has 1 aromatic carbocycles. The molecular weight excluding hydrogens is 244 g/mol. The van der Waals surface area contributed by atoms with Crippen LogP contribution in [0.1, 0.15) is 50.0 Å². The highest BCUT2D eigenvalue weighted by Gasteiger charge is 2.35. The second-order valence-corrected chi connectivity index (χ2v) is 6.91. The summed E-state index contributed by atoms with van der Waals surface area (Å²) in [7, 11) is 0. The Morgan fingerprint density at radius 1 is 1.05 bits per heavy atom. The van der Waals surface area contributed by atoms with Crippen LogP contribution in [0.3, 0.4) is 0 Å². The molecule has 3 atom stereocenters. The van der Waals surface area contributed by atoms with Gasteiger partial charge in [0.25, 0.3) is 0 Å². The summed E-state index contributed by atoms with van der Waals surface area (Å²) in [6, 6.07) is 9.78. The number of anilines is 1. The van der Waals surface area contributed by atoms with Gasteiger partial charge in [-0.3, -0.25) is 4.90 Å². The predicted octanol–water partition coefficient (Wildman–Crippen LogP) is 3.85. The molecule has 2 aliphatic heterocycles. The maximum Gasteiger partial charge on any atom is 0.0376 e. The molecule has 2 fully saturated rings. The highest BCUT2D eigenvalue weighted by Crippen LogP contribution is 2.38. The summed E-state index contributed by atoms with van der Waals surface area (Å²) in [5.41, 5.74) is 2.92. The number of para-hydroxylation sites is 1. The van der Waals surface area contributed by atoms with Crippen LogP contribution in [0.4, 0.5) is 5.69 Å². The van der Waals surface area contributed by atoms with E-state index in [9.17, 15) is 0 Å². The van der Waals surface area contributed by atoms with Crippen LogP contribution in [0.25, 0.3) is 0 Å². The van der Waals surface area contributed by atoms with Crippen molar-refractivity contribution in [1.29, 1.82) is 0 Å². The molecule has 0 amide bonds. The molecule has 1 saturated heterocycles. The fraction of sp³-hybridized carbons (Fsp3) is 0.667. The molecule has 0 spiro atoms. The van der Waals surface area contributed by atoms with Gasteiger partial charge < -0.3 is 5.32 Å². The third-order valence-electron chi connectivity index (χ3n) is 5.75. The minimum atomic E-state index is 0.701. The standard InChI is InChI=1S/C18H26N2/c1-4-10-18-14(6-1)7-5-11-20(18)13-15-12-19-17-9-3-2-8-16(15)17/h2-3,8-9,14-15,18-19H,1,4-7,10-13H2/t14-,15?,18-/m1/s1. The van der Waals surface area contributed by atoms with Crippen molar-refractivity contribution in [3.05, 3.63) is 29.8 Å². The van der Waals surface area contributed by atoms with Crippen molar-refractivity contribution >= 4 is 5.69 Å². The molecule has 0 aromatic heterocycles. The maximum absolute atomic E-state index is 3.59. The van der Waals surface area contributed by atoms with Crippen molar-refractivity contribution in [3.63, 3.8) is 0 Å². The van der Waals surface area contributed by atoms with Crippen LogP contribution < -0.4 is 5.32 Å². The minimum absolute atomic E-state index is 0.701. The first-order valence-electron chi connectivity index (χ1n) is 8.48. The van der Waals surface area contributed by atoms with E-state index in [1.807, 2.05) is 0 Å². The second kappa shape index (κ2) is 5.40. The quantitative estimate of drug-likeness (QED) is 0.878. The Bertz CT molecular complexity index is 468. The van der Waals surface area contributed by atoms with Crippen LogP contribution in [0.5, 0.6) is 0 Å². The Labute approximate surface area is 122 Å². The number of hydrogen-bond acceptors (Lipinski definition) is 2. The van der Waals surface area contributed by atoms with Gasteiger partial charge in [0.15, 0.2) is 0 Å². The SMILES string of the molecule is c1ccc2c(c1)NCC2CN1CCC[C@H]2CCCC[C@H]21. The fourth-order valence-corrected chi connectivity index (χ4v) is 4.76. The summed E-state index contributed by atoms with van der Waals surface area (Å²) in [6.07, 6.45) is 8.77. The zero-order chi connectivity index (χ0) is 13.4. The summed E-state index contributed by atoms with van der Waals surface area (Å²) < 4.78 is 0. The maximum atomic E-state index is 3.59. The van der Waals surface area contributed by atoms with Gasteiger partial charge in [-0.15, -0.1) is 0 Å². The van der Waals surface area contributed by atoms with Gasteiger partial charge in [-0.05, 0) is 49.8 Å². The average Bonchev–Trinajstić information content (AvgIpc) is 2.91. The topological polar surface area (TPSA) is 15.3 Å². The molecule has 1 aliphatic carbocycles. The van der Waals surface area contributed by atoms with Crippen LogP contribution in [-0.4, -0.2) is 30.6 Å². The van der Waals surface area contributed by atoms with Crippen LogP contribution >= 0.6 is 0 Å². The Balaban J connectivity index is 1.49. The predicted molar refractivity (Wildman–Crippen MR) is 84.2 cm³/mol. The van der Waals surface area contributed by atoms with Crippen molar-refractivity contribution < 1.29 is 0 Å². The number of fused-ring (bicyclic) bond motifs is 2. The summed E-state index contributed by atoms with van der Waals surface area (Å²) >= 11 is 0. The Kier molecular flexibility index (Phi) is 3.43. The number of nitrogens with one attached hydrogen (secondary N) is 1. The third kappa shape index (κ3) is 2.24. The first-order chi connectivity index (χ1) is 9.92. The van der Waals surface area contributed by atoms with E-state index >= 15 is 0 Å². The number of benzene rings is 1. The lowest BCUT2D eigenvalue weighted by molar-refractivity contribution is 0.0571. The summed E-state index contributed by atoms with van der Waals surface area (Å²) in [5, 5.41) is 3.59. The van der Waals surface area contributed by atoms with Crippen molar-refractivity contribution in [2.75, 3.05) is 25.0 Å². The van der Waals surface area contributed by atoms with E-state index < -0.39 is 0 Å². The Morgan fingerprint density at radius 3 is 2.90 bits per heavy atom. The lowest BCUT2D eigenvalue weighted by atomic mass is 9.78. The molecule has 0 bridgehead atoms. The monoisotopic (exact) mass is 270 g/mol. The number of rotatable bonds is 2. The normalized spacial score (nSPS) is 33.3. The molecule has 3 aliphatic rings. The van der Waals surface area contributed by atoms with Gasteiger partial charge >= 0.3 is 0 Å². The van der Waals surface area contributed by atoms with Gasteiger partial charge in [-0.1, -0.05) is 31.0 Å². The first-order valence-corrected chi connectivity index (χ1v) is 8.48. The molecule has 1 aromatic rings. The van der Waals surface area contributed by atoms with Gasteiger partial charge in [-0.25, -0.2) is 0 Å². The first kappa shape index (κ1) is 12.7. The summed E-state index contributed by atoms with van der Waals surface area (Å²) in [5.74, 6) is 1.70. The van der Waals surface area contributed by atoms with Crippen LogP contribution in [0.15, 0.2) is 24.3 Å². The molecule has 1 unspecified atom stereocenters. The van der Waals surface area contributed by atoms with Gasteiger partial charge in [0.1, 0.15) is 0 Å². The molecule has 1 saturated carbocycles. The molecular formula is C18H26N2. The molecule has 0 radical (unpaired) electrons. The van der Waals surface area contributed by atoms with Crippen LogP contribution in [-0.2, 0) is 0 Å². The highest BCUT2D eigenvalue weighted by atomic mass is 15.2. The van der Waals surface area contributed by atoms with E-state index in [4.69, 9.17) is 0 Å². The van der Waals surface area contributed by atoms with E-state index in [1.165, 1.54) is 57.3 Å². The Hall–Kier alpha value is -1.02. The molecule has 1 N–H and O–H groups in total. The van der Waals surface area contributed by atoms with Crippen molar-refractivity contribution in [2.24, 2.45) is 5.92 Å². The van der Waals surface area contributed by atoms with E-state index in [0.29, 0.717) is 5.92 Å². The molecule has 20 heavy (non-hydrogen) atoms. The summed E-state index contributed by atoms with van der Waals surface area (Å²) in [4.78, 5) is 2.84. The van der Waals surface area contributed by atoms with Gasteiger partial charge in [-0.2, -0.15) is 0 Å². The molecule has 108 valence electrons. The second-order valence-electron chi connectivity index (χ2n) is 6.91. The van der Waals surface area contributed by atoms with Gasteiger partial charge in [0.05, 0.1) is 0 Å². The third-order valence-corrected chi connectivity index (χ3v) is 5.75. The summed E-state index contributed by atoms with van der Waals surface area (Å²) in [6.45, 7) is 3.73. The lowest BCUT2D eigenvalue weighted by Gasteiger charge is -2.45. The van der Waals surface area contributed by atoms with Gasteiger partial charge in [0.2, 0.25) is 0 Å². The highest BCUT2D eigenvalue weighted by molar-refractivity contribution is 5.57. The molecule has 2 heteroatoms. The Morgan fingerprint density at radius 2 is 1.90 bits per heavy atom. The van der Waals surface area contributed by atoms with Gasteiger partial charge in [0, 0.05) is 30.7 Å². The van der Waals surface area contributed by atoms with Crippen molar-refractivity contribution in [3.8, 4) is 0 Å². The van der Waals surface area contributed by atoms with E-state index in [-0.39, 0.29) is 0 Å². The lowest BCUT2D eigenvalue weighted by Crippen LogP contribution is -2.48. The van der Waals surface area contributed by atoms with Crippen molar-refractivity contribution in [1.82, 2.24) is 4.90 Å². The number of piperidine rings is 1. The number of hydrogen-bond donors (Lipinski definition) is 1. The minimum Gasteiger partial charge on any atom is -0.384 e. The molecule has 2 nitrogen and oxygen atoms in total. The smallest absolute Gasteiger partial charge is 0.0376 e. The number of nitrogens with zero attached hydrogens (tertiary/aromatic N) is 1. The van der Waals surface area contributed by atoms with Crippen LogP contribution in [0, 0.1) is 5.92 Å². The largest absolute Gasteiger partial charge is 0.384 e. The zero-order valence-electron chi connectivity index (χ0n) is 12.4. The molecule has 2 heterocycles. The fourth-order valence-electron chi connectivity index (χ4n) is 4.76. The van der Waals surface area contributed by atoms with E-state index in [0.717, 1.165) is 18.5 Å².